The van der Waals surface area contributed by atoms with Crippen LogP contribution in [0.1, 0.15) is 34.8 Å². The van der Waals surface area contributed by atoms with E-state index in [1.165, 1.54) is 0 Å². The Balaban J connectivity index is 2.12. The summed E-state index contributed by atoms with van der Waals surface area (Å²) >= 11 is 0. The predicted molar refractivity (Wildman–Crippen MR) is 83.6 cm³/mol. The molecule has 0 saturated heterocycles. The van der Waals surface area contributed by atoms with Gasteiger partial charge in [-0.2, -0.15) is 5.10 Å². The van der Waals surface area contributed by atoms with Gasteiger partial charge in [-0.25, -0.2) is 5.43 Å². The Labute approximate surface area is 124 Å². The van der Waals surface area contributed by atoms with Crippen molar-refractivity contribution in [2.75, 3.05) is 0 Å². The third-order valence-electron chi connectivity index (χ3n) is 3.14. The van der Waals surface area contributed by atoms with E-state index in [0.29, 0.717) is 12.0 Å². The number of carbonyl (C=O) groups excluding carboxylic acids is 1. The zero-order valence-electron chi connectivity index (χ0n) is 12.1. The topological polar surface area (TPSA) is 61.7 Å². The van der Waals surface area contributed by atoms with Crippen molar-refractivity contribution < 1.29 is 9.90 Å². The second-order valence-corrected chi connectivity index (χ2v) is 4.77. The van der Waals surface area contributed by atoms with E-state index in [4.69, 9.17) is 0 Å². The van der Waals surface area contributed by atoms with Crippen LogP contribution in [0.2, 0.25) is 0 Å². The summed E-state index contributed by atoms with van der Waals surface area (Å²) in [6.07, 6.45) is 0.680. The van der Waals surface area contributed by atoms with E-state index in [-0.39, 0.29) is 11.7 Å². The van der Waals surface area contributed by atoms with Crippen molar-refractivity contribution in [1.82, 2.24) is 5.43 Å². The molecule has 21 heavy (non-hydrogen) atoms. The lowest BCUT2D eigenvalue weighted by molar-refractivity contribution is 0.0955. The Kier molecular flexibility index (Phi) is 4.72. The van der Waals surface area contributed by atoms with Gasteiger partial charge < -0.3 is 5.11 Å². The highest BCUT2D eigenvalue weighted by atomic mass is 16.3. The van der Waals surface area contributed by atoms with Gasteiger partial charge in [0.25, 0.3) is 5.91 Å². The third kappa shape index (κ3) is 3.92. The standard InChI is InChI=1S/C17H18N2O2/c1-3-16(13-8-10-15(20)11-9-13)18-19-17(21)14-6-4-12(2)5-7-14/h4-11,20H,3H2,1-2H3,(H,19,21). The molecule has 0 aromatic heterocycles. The molecule has 1 amide bonds. The molecule has 0 spiro atoms. The van der Waals surface area contributed by atoms with Crippen molar-refractivity contribution >= 4 is 11.6 Å². The fourth-order valence-electron chi connectivity index (χ4n) is 1.89. The van der Waals surface area contributed by atoms with Gasteiger partial charge in [0.15, 0.2) is 0 Å². The smallest absolute Gasteiger partial charge is 0.271 e. The highest BCUT2D eigenvalue weighted by Gasteiger charge is 2.06. The molecule has 0 radical (unpaired) electrons. The molecule has 0 fully saturated rings. The van der Waals surface area contributed by atoms with Crippen molar-refractivity contribution in [3.05, 3.63) is 65.2 Å². The lowest BCUT2D eigenvalue weighted by Gasteiger charge is -2.06. The zero-order valence-corrected chi connectivity index (χ0v) is 12.1. The van der Waals surface area contributed by atoms with Crippen molar-refractivity contribution in [1.29, 1.82) is 0 Å². The highest BCUT2D eigenvalue weighted by Crippen LogP contribution is 2.12. The van der Waals surface area contributed by atoms with E-state index in [0.717, 1.165) is 16.8 Å². The number of rotatable bonds is 4. The molecule has 4 nitrogen and oxygen atoms in total. The molecule has 0 saturated carbocycles. The van der Waals surface area contributed by atoms with Gasteiger partial charge in [0.2, 0.25) is 0 Å². The van der Waals surface area contributed by atoms with Gasteiger partial charge in [0.05, 0.1) is 5.71 Å². The van der Waals surface area contributed by atoms with Gasteiger partial charge in [-0.1, -0.05) is 24.6 Å². The van der Waals surface area contributed by atoms with Crippen LogP contribution in [0.15, 0.2) is 53.6 Å². The first-order chi connectivity index (χ1) is 10.1. The van der Waals surface area contributed by atoms with Gasteiger partial charge in [-0.05, 0) is 55.3 Å². The Hall–Kier alpha value is -2.62. The second kappa shape index (κ2) is 6.70. The number of nitrogens with zero attached hydrogens (tertiary/aromatic N) is 1. The van der Waals surface area contributed by atoms with E-state index in [1.807, 2.05) is 26.0 Å². The number of nitrogens with one attached hydrogen (secondary N) is 1. The zero-order chi connectivity index (χ0) is 15.2. The molecule has 0 atom stereocenters. The predicted octanol–water partition coefficient (Wildman–Crippen LogP) is 3.24. The molecule has 0 heterocycles. The number of phenolic OH excluding ortho intramolecular Hbond substituents is 1. The number of hydrogen-bond acceptors (Lipinski definition) is 3. The number of carbonyl (C=O) groups is 1. The fraction of sp³-hybridized carbons (Fsp3) is 0.176. The molecule has 0 bridgehead atoms. The molecular weight excluding hydrogens is 264 g/mol. The van der Waals surface area contributed by atoms with Gasteiger partial charge in [0.1, 0.15) is 5.75 Å². The molecule has 0 aliphatic heterocycles. The Morgan fingerprint density at radius 2 is 1.62 bits per heavy atom. The van der Waals surface area contributed by atoms with Crippen LogP contribution in [-0.2, 0) is 0 Å². The lowest BCUT2D eigenvalue weighted by atomic mass is 10.1. The summed E-state index contributed by atoms with van der Waals surface area (Å²) in [7, 11) is 0. The monoisotopic (exact) mass is 282 g/mol. The summed E-state index contributed by atoms with van der Waals surface area (Å²) < 4.78 is 0. The van der Waals surface area contributed by atoms with Crippen LogP contribution in [0.3, 0.4) is 0 Å². The number of aromatic hydroxyl groups is 1. The van der Waals surface area contributed by atoms with Gasteiger partial charge in [-0.15, -0.1) is 0 Å². The maximum absolute atomic E-state index is 12.0. The number of benzene rings is 2. The summed E-state index contributed by atoms with van der Waals surface area (Å²) in [6.45, 7) is 3.93. The van der Waals surface area contributed by atoms with E-state index in [1.54, 1.807) is 36.4 Å². The van der Waals surface area contributed by atoms with Gasteiger partial charge in [-0.3, -0.25) is 4.79 Å². The minimum absolute atomic E-state index is 0.206. The fourth-order valence-corrected chi connectivity index (χ4v) is 1.89. The minimum Gasteiger partial charge on any atom is -0.508 e. The number of aryl methyl sites for hydroxylation is 1. The first kappa shape index (κ1) is 14.8. The van der Waals surface area contributed by atoms with Crippen LogP contribution < -0.4 is 5.43 Å². The first-order valence-electron chi connectivity index (χ1n) is 6.83. The third-order valence-corrected chi connectivity index (χ3v) is 3.14. The Bertz CT molecular complexity index is 643. The number of phenols is 1. The average molecular weight is 282 g/mol. The SMILES string of the molecule is CCC(=NNC(=O)c1ccc(C)cc1)c1ccc(O)cc1. The molecule has 2 rings (SSSR count). The lowest BCUT2D eigenvalue weighted by Crippen LogP contribution is -2.19. The molecule has 4 heteroatoms. The Morgan fingerprint density at radius 3 is 2.19 bits per heavy atom. The second-order valence-electron chi connectivity index (χ2n) is 4.77. The van der Waals surface area contributed by atoms with E-state index in [2.05, 4.69) is 10.5 Å². The average Bonchev–Trinajstić information content (AvgIpc) is 2.50. The quantitative estimate of drug-likeness (QED) is 0.668. The van der Waals surface area contributed by atoms with Crippen LogP contribution in [0, 0.1) is 6.92 Å². The van der Waals surface area contributed by atoms with E-state index >= 15 is 0 Å². The molecule has 2 aromatic carbocycles. The van der Waals surface area contributed by atoms with Gasteiger partial charge >= 0.3 is 0 Å². The summed E-state index contributed by atoms with van der Waals surface area (Å²) in [5, 5.41) is 13.5. The van der Waals surface area contributed by atoms with Crippen LogP contribution in [0.5, 0.6) is 5.75 Å². The molecule has 0 aliphatic carbocycles. The first-order valence-corrected chi connectivity index (χ1v) is 6.83. The number of hydrogen-bond donors (Lipinski definition) is 2. The van der Waals surface area contributed by atoms with Crippen LogP contribution in [0.25, 0.3) is 0 Å². The van der Waals surface area contributed by atoms with Crippen molar-refractivity contribution in [3.63, 3.8) is 0 Å². The van der Waals surface area contributed by atoms with Gasteiger partial charge in [0, 0.05) is 5.56 Å². The molecular formula is C17H18N2O2. The summed E-state index contributed by atoms with van der Waals surface area (Å²) in [5.74, 6) is -0.0300. The highest BCUT2D eigenvalue weighted by molar-refractivity contribution is 6.02. The Morgan fingerprint density at radius 1 is 1.05 bits per heavy atom. The molecule has 2 N–H and O–H groups in total. The number of amides is 1. The number of hydrazone groups is 1. The van der Waals surface area contributed by atoms with Crippen LogP contribution in [0.4, 0.5) is 0 Å². The van der Waals surface area contributed by atoms with Crippen LogP contribution in [-0.4, -0.2) is 16.7 Å². The van der Waals surface area contributed by atoms with E-state index in [9.17, 15) is 9.90 Å². The molecule has 0 aliphatic rings. The molecule has 108 valence electrons. The molecule has 0 unspecified atom stereocenters. The normalized spacial score (nSPS) is 11.2. The maximum atomic E-state index is 12.0. The van der Waals surface area contributed by atoms with Crippen LogP contribution >= 0.6 is 0 Å². The largest absolute Gasteiger partial charge is 0.508 e. The van der Waals surface area contributed by atoms with E-state index < -0.39 is 0 Å². The minimum atomic E-state index is -0.236. The molecule has 2 aromatic rings. The maximum Gasteiger partial charge on any atom is 0.271 e. The summed E-state index contributed by atoms with van der Waals surface area (Å²) in [4.78, 5) is 12.0. The van der Waals surface area contributed by atoms with Crippen molar-refractivity contribution in [2.45, 2.75) is 20.3 Å². The summed E-state index contributed by atoms with van der Waals surface area (Å²) in [5.41, 5.74) is 5.88. The van der Waals surface area contributed by atoms with Crippen molar-refractivity contribution in [2.24, 2.45) is 5.10 Å². The summed E-state index contributed by atoms with van der Waals surface area (Å²) in [6, 6.07) is 14.1. The van der Waals surface area contributed by atoms with Crippen molar-refractivity contribution in [3.8, 4) is 5.75 Å².